The minimum absolute atomic E-state index is 0. The van der Waals surface area contributed by atoms with Crippen molar-refractivity contribution in [2.24, 2.45) is 5.92 Å². The van der Waals surface area contributed by atoms with Gasteiger partial charge in [-0.05, 0) is 23.2 Å². The van der Waals surface area contributed by atoms with Crippen molar-refractivity contribution in [1.82, 2.24) is 0 Å². The van der Waals surface area contributed by atoms with Crippen LogP contribution in [0.2, 0.25) is 0 Å². The maximum Gasteiger partial charge on any atom is 0.0365 e. The van der Waals surface area contributed by atoms with Crippen LogP contribution in [0.15, 0.2) is 0 Å². The first-order chi connectivity index (χ1) is 6.78. The van der Waals surface area contributed by atoms with Gasteiger partial charge in [-0.1, -0.05) is 29.7 Å². The molecule has 0 nitrogen and oxygen atoms in total. The fourth-order valence-electron chi connectivity index (χ4n) is 0.788. The Balaban J connectivity index is -0.000000141. The first-order valence-corrected chi connectivity index (χ1v) is 9.14. The van der Waals surface area contributed by atoms with E-state index in [1.165, 1.54) is 0 Å². The molecule has 0 aromatic rings. The number of thiol groups is 4. The second kappa shape index (κ2) is 24.1. The van der Waals surface area contributed by atoms with Crippen LogP contribution in [0, 0.1) is 5.92 Å². The molecule has 18 heavy (non-hydrogen) atoms. The van der Waals surface area contributed by atoms with E-state index in [0.29, 0.717) is 11.2 Å². The van der Waals surface area contributed by atoms with E-state index < -0.39 is 0 Å². The molecule has 0 rings (SSSR count). The molecule has 0 aliphatic carbocycles. The van der Waals surface area contributed by atoms with Gasteiger partial charge in [-0.25, -0.2) is 0 Å². The number of thioether (sulfide) groups is 2. The van der Waals surface area contributed by atoms with Crippen molar-refractivity contribution >= 4 is 74.0 Å². The predicted molar refractivity (Wildman–Crippen MR) is 115 cm³/mol. The molecule has 1 unspecified atom stereocenters. The van der Waals surface area contributed by atoms with Crippen LogP contribution >= 0.6 is 74.0 Å². The van der Waals surface area contributed by atoms with E-state index in [2.05, 4.69) is 50.5 Å². The zero-order valence-electron chi connectivity index (χ0n) is 8.00. The summed E-state index contributed by atoms with van der Waals surface area (Å²) in [6.07, 6.45) is 0. The van der Waals surface area contributed by atoms with E-state index >= 15 is 0 Å². The van der Waals surface area contributed by atoms with Gasteiger partial charge in [-0.15, -0.1) is 11.8 Å². The molecular weight excluding hydrogens is 337 g/mol. The number of rotatable bonds is 9. The lowest BCUT2D eigenvalue weighted by atomic mass is 10.3. The predicted octanol–water partition coefficient (Wildman–Crippen LogP) is 5.66. The van der Waals surface area contributed by atoms with Gasteiger partial charge in [0, 0.05) is 21.8 Å². The Morgan fingerprint density at radius 1 is 0.722 bits per heavy atom. The van der Waals surface area contributed by atoms with Crippen molar-refractivity contribution < 1.29 is 0 Å². The van der Waals surface area contributed by atoms with Gasteiger partial charge >= 0.3 is 0 Å². The summed E-state index contributed by atoms with van der Waals surface area (Å²) < 4.78 is 0. The van der Waals surface area contributed by atoms with Crippen molar-refractivity contribution in [2.75, 3.05) is 33.8 Å². The standard InChI is InChI=1S/C8H18S6.4CH4/c9-1-7(2-10)4-13-5-8(3-11)14-6-12;;;;/h7-12H,1-6H2;4*1H4. The zero-order valence-corrected chi connectivity index (χ0v) is 13.2. The average Bonchev–Trinajstić information content (AvgIpc) is 2.23. The molecule has 0 saturated carbocycles. The summed E-state index contributed by atoms with van der Waals surface area (Å²) in [5.41, 5.74) is 0. The molecule has 0 bridgehead atoms. The fraction of sp³-hybridized carbons (Fsp3) is 1.00. The summed E-state index contributed by atoms with van der Waals surface area (Å²) in [6, 6.07) is 0. The maximum atomic E-state index is 4.32. The quantitative estimate of drug-likeness (QED) is 0.305. The van der Waals surface area contributed by atoms with Crippen LogP contribution in [-0.4, -0.2) is 39.1 Å². The van der Waals surface area contributed by atoms with Gasteiger partial charge in [0.15, 0.2) is 0 Å². The van der Waals surface area contributed by atoms with Gasteiger partial charge in [-0.2, -0.15) is 62.3 Å². The van der Waals surface area contributed by atoms with Crippen molar-refractivity contribution in [2.45, 2.75) is 35.0 Å². The van der Waals surface area contributed by atoms with Crippen LogP contribution in [0.5, 0.6) is 0 Å². The Hall–Kier alpha value is 2.10. The minimum atomic E-state index is 0. The molecule has 0 aliphatic rings. The Labute approximate surface area is 148 Å². The van der Waals surface area contributed by atoms with Crippen molar-refractivity contribution in [1.29, 1.82) is 0 Å². The smallest absolute Gasteiger partial charge is 0.0365 e. The molecule has 0 aliphatic heterocycles. The molecule has 0 N–H and O–H groups in total. The van der Waals surface area contributed by atoms with Gasteiger partial charge in [0.1, 0.15) is 0 Å². The third-order valence-electron chi connectivity index (χ3n) is 1.69. The summed E-state index contributed by atoms with van der Waals surface area (Å²) in [5.74, 6) is 5.75. The van der Waals surface area contributed by atoms with Gasteiger partial charge in [0.2, 0.25) is 0 Å². The first kappa shape index (κ1) is 32.2. The molecule has 0 radical (unpaired) electrons. The molecule has 0 saturated heterocycles. The number of hydrogen-bond acceptors (Lipinski definition) is 6. The lowest BCUT2D eigenvalue weighted by molar-refractivity contribution is 0.783. The van der Waals surface area contributed by atoms with Crippen LogP contribution in [0.25, 0.3) is 0 Å². The summed E-state index contributed by atoms with van der Waals surface area (Å²) in [4.78, 5) is 0. The minimum Gasteiger partial charge on any atom is -0.179 e. The highest BCUT2D eigenvalue weighted by atomic mass is 32.2. The Bertz CT molecular complexity index is 119. The van der Waals surface area contributed by atoms with Gasteiger partial charge in [-0.3, -0.25) is 0 Å². The second-order valence-corrected chi connectivity index (χ2v) is 7.07. The van der Waals surface area contributed by atoms with Crippen molar-refractivity contribution in [3.05, 3.63) is 0 Å². The topological polar surface area (TPSA) is 0 Å². The van der Waals surface area contributed by atoms with E-state index in [0.717, 1.165) is 33.8 Å². The van der Waals surface area contributed by atoms with E-state index in [4.69, 9.17) is 0 Å². The second-order valence-electron chi connectivity index (χ2n) is 2.87. The molecule has 0 heterocycles. The Kier molecular flexibility index (Phi) is 43.1. The van der Waals surface area contributed by atoms with E-state index in [9.17, 15) is 0 Å². The first-order valence-electron chi connectivity index (χ1n) is 4.41. The SMILES string of the molecule is C.C.C.C.SCSC(CS)CSCC(CS)CS. The van der Waals surface area contributed by atoms with Gasteiger partial charge < -0.3 is 0 Å². The molecule has 6 heteroatoms. The van der Waals surface area contributed by atoms with Crippen molar-refractivity contribution in [3.8, 4) is 0 Å². The van der Waals surface area contributed by atoms with Crippen molar-refractivity contribution in [3.63, 3.8) is 0 Å². The summed E-state index contributed by atoms with van der Waals surface area (Å²) in [5, 5.41) is 1.51. The molecule has 0 aromatic carbocycles. The van der Waals surface area contributed by atoms with Crippen LogP contribution < -0.4 is 0 Å². The molecule has 0 aromatic heterocycles. The lowest BCUT2D eigenvalue weighted by Crippen LogP contribution is -2.13. The molecule has 0 spiro atoms. The van der Waals surface area contributed by atoms with E-state index in [-0.39, 0.29) is 29.7 Å². The summed E-state index contributed by atoms with van der Waals surface area (Å²) in [6.45, 7) is 0. The Morgan fingerprint density at radius 3 is 1.56 bits per heavy atom. The molecule has 1 atom stereocenters. The fourth-order valence-corrected chi connectivity index (χ4v) is 5.19. The highest BCUT2D eigenvalue weighted by molar-refractivity contribution is 8.11. The van der Waals surface area contributed by atoms with Crippen LogP contribution in [0.4, 0.5) is 0 Å². The number of hydrogen-bond donors (Lipinski definition) is 4. The largest absolute Gasteiger partial charge is 0.179 e. The van der Waals surface area contributed by atoms with Crippen LogP contribution in [-0.2, 0) is 0 Å². The molecule has 0 fully saturated rings. The summed E-state index contributed by atoms with van der Waals surface area (Å²) >= 11 is 21.0. The maximum absolute atomic E-state index is 4.32. The molecule has 118 valence electrons. The third-order valence-corrected chi connectivity index (χ3v) is 6.37. The normalized spacial score (nSPS) is 10.5. The van der Waals surface area contributed by atoms with E-state index in [1.54, 1.807) is 0 Å². The third kappa shape index (κ3) is 18.1. The monoisotopic (exact) mass is 370 g/mol. The molecule has 0 amide bonds. The van der Waals surface area contributed by atoms with E-state index in [1.807, 2.05) is 23.5 Å². The van der Waals surface area contributed by atoms with Gasteiger partial charge in [0.25, 0.3) is 0 Å². The average molecular weight is 371 g/mol. The highest BCUT2D eigenvalue weighted by Gasteiger charge is 2.09. The molecular formula is C12H34S6. The Morgan fingerprint density at radius 2 is 1.22 bits per heavy atom. The van der Waals surface area contributed by atoms with Crippen LogP contribution in [0.3, 0.4) is 0 Å². The lowest BCUT2D eigenvalue weighted by Gasteiger charge is -2.15. The van der Waals surface area contributed by atoms with Gasteiger partial charge in [0.05, 0.1) is 0 Å². The zero-order chi connectivity index (χ0) is 10.8. The van der Waals surface area contributed by atoms with Crippen LogP contribution in [0.1, 0.15) is 29.7 Å². The summed E-state index contributed by atoms with van der Waals surface area (Å²) in [7, 11) is 0. The highest BCUT2D eigenvalue weighted by Crippen LogP contribution is 2.20.